The van der Waals surface area contributed by atoms with Gasteiger partial charge in [0.15, 0.2) is 0 Å². The molecule has 0 bridgehead atoms. The lowest BCUT2D eigenvalue weighted by Gasteiger charge is -2.37. The monoisotopic (exact) mass is 336 g/mol. The Balaban J connectivity index is 1.66. The molecule has 1 N–H and O–H groups in total. The van der Waals surface area contributed by atoms with Crippen molar-refractivity contribution in [3.05, 3.63) is 36.2 Å². The number of rotatable bonds is 5. The van der Waals surface area contributed by atoms with Gasteiger partial charge in [0.2, 0.25) is 10.0 Å². The van der Waals surface area contributed by atoms with Crippen molar-refractivity contribution in [3.8, 4) is 0 Å². The zero-order valence-electron chi connectivity index (χ0n) is 13.6. The van der Waals surface area contributed by atoms with Gasteiger partial charge >= 0.3 is 0 Å². The molecule has 3 heterocycles. The standard InChI is InChI=1S/C16H24N4O2S/c1-3-13-12-19(23(2,21)22)9-7-15(13)17-10-14-11-18-20-8-5-4-6-16(14)20/h4-6,8,11,13,15,17H,3,7,9-10,12H2,1-2H3/t13-,15-/m1/s1. The van der Waals surface area contributed by atoms with Crippen molar-refractivity contribution >= 4 is 15.5 Å². The molecule has 0 aromatic carbocycles. The molecule has 1 aliphatic heterocycles. The topological polar surface area (TPSA) is 66.7 Å². The summed E-state index contributed by atoms with van der Waals surface area (Å²) in [7, 11) is -3.09. The minimum atomic E-state index is -3.09. The van der Waals surface area contributed by atoms with Crippen molar-refractivity contribution in [2.24, 2.45) is 5.92 Å². The van der Waals surface area contributed by atoms with Crippen LogP contribution < -0.4 is 5.32 Å². The summed E-state index contributed by atoms with van der Waals surface area (Å²) in [6.07, 6.45) is 6.96. The Morgan fingerprint density at radius 3 is 2.96 bits per heavy atom. The molecule has 3 rings (SSSR count). The molecule has 1 saturated heterocycles. The van der Waals surface area contributed by atoms with Crippen LogP contribution in [-0.4, -0.2) is 47.7 Å². The molecule has 126 valence electrons. The first-order valence-electron chi connectivity index (χ1n) is 8.08. The van der Waals surface area contributed by atoms with Crippen LogP contribution >= 0.6 is 0 Å². The van der Waals surface area contributed by atoms with Crippen LogP contribution in [0.5, 0.6) is 0 Å². The summed E-state index contributed by atoms with van der Waals surface area (Å²) in [6.45, 7) is 4.09. The molecule has 0 amide bonds. The van der Waals surface area contributed by atoms with E-state index in [-0.39, 0.29) is 0 Å². The first kappa shape index (κ1) is 16.4. The highest BCUT2D eigenvalue weighted by Crippen LogP contribution is 2.22. The predicted octanol–water partition coefficient (Wildman–Crippen LogP) is 1.48. The van der Waals surface area contributed by atoms with Crippen LogP contribution in [0, 0.1) is 5.92 Å². The van der Waals surface area contributed by atoms with Gasteiger partial charge in [0, 0.05) is 37.4 Å². The van der Waals surface area contributed by atoms with E-state index in [1.165, 1.54) is 11.8 Å². The largest absolute Gasteiger partial charge is 0.309 e. The Morgan fingerprint density at radius 1 is 1.39 bits per heavy atom. The van der Waals surface area contributed by atoms with Crippen molar-refractivity contribution in [3.63, 3.8) is 0 Å². The van der Waals surface area contributed by atoms with Gasteiger partial charge in [0.25, 0.3) is 0 Å². The third-order valence-corrected chi connectivity index (χ3v) is 6.02. The number of pyridine rings is 1. The molecule has 0 radical (unpaired) electrons. The maximum absolute atomic E-state index is 11.7. The first-order valence-corrected chi connectivity index (χ1v) is 9.93. The minimum Gasteiger partial charge on any atom is -0.309 e. The molecule has 1 aliphatic rings. The van der Waals surface area contributed by atoms with E-state index in [2.05, 4.69) is 23.4 Å². The van der Waals surface area contributed by atoms with Gasteiger partial charge in [0.05, 0.1) is 18.0 Å². The summed E-state index contributed by atoms with van der Waals surface area (Å²) < 4.78 is 27.0. The first-order chi connectivity index (χ1) is 11.0. The summed E-state index contributed by atoms with van der Waals surface area (Å²) >= 11 is 0. The van der Waals surface area contributed by atoms with E-state index in [0.717, 1.165) is 24.9 Å². The number of hydrogen-bond donors (Lipinski definition) is 1. The third-order valence-electron chi connectivity index (χ3n) is 4.75. The number of nitrogens with one attached hydrogen (secondary N) is 1. The van der Waals surface area contributed by atoms with Crippen LogP contribution in [0.25, 0.3) is 5.52 Å². The second-order valence-electron chi connectivity index (χ2n) is 6.27. The number of nitrogens with zero attached hydrogens (tertiary/aromatic N) is 3. The summed E-state index contributed by atoms with van der Waals surface area (Å²) in [5.41, 5.74) is 2.28. The molecule has 7 heteroatoms. The van der Waals surface area contributed by atoms with Gasteiger partial charge < -0.3 is 5.32 Å². The highest BCUT2D eigenvalue weighted by atomic mass is 32.2. The van der Waals surface area contributed by atoms with Gasteiger partial charge in [-0.3, -0.25) is 0 Å². The maximum atomic E-state index is 11.7. The Hall–Kier alpha value is -1.44. The number of fused-ring (bicyclic) bond motifs is 1. The molecule has 0 spiro atoms. The number of hydrogen-bond acceptors (Lipinski definition) is 4. The Labute approximate surface area is 137 Å². The molecule has 0 aliphatic carbocycles. The smallest absolute Gasteiger partial charge is 0.211 e. The average molecular weight is 336 g/mol. The van der Waals surface area contributed by atoms with E-state index >= 15 is 0 Å². The summed E-state index contributed by atoms with van der Waals surface area (Å²) in [6, 6.07) is 6.38. The molecule has 0 unspecified atom stereocenters. The van der Waals surface area contributed by atoms with Gasteiger partial charge in [-0.2, -0.15) is 5.10 Å². The van der Waals surface area contributed by atoms with E-state index < -0.39 is 10.0 Å². The fourth-order valence-electron chi connectivity index (χ4n) is 3.35. The minimum absolute atomic E-state index is 0.344. The van der Waals surface area contributed by atoms with Crippen LogP contribution in [0.3, 0.4) is 0 Å². The zero-order valence-corrected chi connectivity index (χ0v) is 14.5. The molecule has 6 nitrogen and oxygen atoms in total. The van der Waals surface area contributed by atoms with Crippen molar-refractivity contribution in [2.75, 3.05) is 19.3 Å². The molecular weight excluding hydrogens is 312 g/mol. The van der Waals surface area contributed by atoms with Crippen LogP contribution in [-0.2, 0) is 16.6 Å². The molecule has 0 saturated carbocycles. The number of aromatic nitrogens is 2. The van der Waals surface area contributed by atoms with Crippen molar-refractivity contribution < 1.29 is 8.42 Å². The highest BCUT2D eigenvalue weighted by molar-refractivity contribution is 7.88. The van der Waals surface area contributed by atoms with E-state index in [9.17, 15) is 8.42 Å². The number of sulfonamides is 1. The SMILES string of the molecule is CC[C@@H]1CN(S(C)(=O)=O)CC[C@H]1NCc1cnn2ccccc12. The van der Waals surface area contributed by atoms with Crippen molar-refractivity contribution in [2.45, 2.75) is 32.4 Å². The average Bonchev–Trinajstić information content (AvgIpc) is 2.95. The maximum Gasteiger partial charge on any atom is 0.211 e. The van der Waals surface area contributed by atoms with E-state index in [4.69, 9.17) is 0 Å². The highest BCUT2D eigenvalue weighted by Gasteiger charge is 2.31. The lowest BCUT2D eigenvalue weighted by atomic mass is 9.91. The second kappa shape index (κ2) is 6.59. The van der Waals surface area contributed by atoms with Gasteiger partial charge in [-0.15, -0.1) is 0 Å². The molecule has 2 aromatic rings. The van der Waals surface area contributed by atoms with Crippen LogP contribution in [0.15, 0.2) is 30.6 Å². The third kappa shape index (κ3) is 3.57. The summed E-state index contributed by atoms with van der Waals surface area (Å²) in [4.78, 5) is 0. The summed E-state index contributed by atoms with van der Waals surface area (Å²) in [5.74, 6) is 0.348. The normalized spacial score (nSPS) is 23.4. The van der Waals surface area contributed by atoms with E-state index in [1.54, 1.807) is 4.31 Å². The Morgan fingerprint density at radius 2 is 2.22 bits per heavy atom. The molecule has 1 fully saturated rings. The fraction of sp³-hybridized carbons (Fsp3) is 0.562. The van der Waals surface area contributed by atoms with E-state index in [1.807, 2.05) is 29.0 Å². The fourth-order valence-corrected chi connectivity index (χ4v) is 4.25. The molecule has 23 heavy (non-hydrogen) atoms. The number of piperidine rings is 1. The lowest BCUT2D eigenvalue weighted by Crippen LogP contribution is -2.50. The molecular formula is C16H24N4O2S. The van der Waals surface area contributed by atoms with Gasteiger partial charge in [-0.1, -0.05) is 19.4 Å². The van der Waals surface area contributed by atoms with Crippen molar-refractivity contribution in [1.29, 1.82) is 0 Å². The van der Waals surface area contributed by atoms with Crippen LogP contribution in [0.4, 0.5) is 0 Å². The predicted molar refractivity (Wildman–Crippen MR) is 90.6 cm³/mol. The van der Waals surface area contributed by atoms with Crippen molar-refractivity contribution in [1.82, 2.24) is 19.2 Å². The molecule has 2 atom stereocenters. The van der Waals surface area contributed by atoms with Crippen LogP contribution in [0.2, 0.25) is 0 Å². The van der Waals surface area contributed by atoms with Crippen LogP contribution in [0.1, 0.15) is 25.3 Å². The van der Waals surface area contributed by atoms with Gasteiger partial charge in [0.1, 0.15) is 0 Å². The van der Waals surface area contributed by atoms with E-state index in [0.29, 0.717) is 25.0 Å². The molecule has 2 aromatic heterocycles. The quantitative estimate of drug-likeness (QED) is 0.898. The Bertz CT molecular complexity index is 771. The summed E-state index contributed by atoms with van der Waals surface area (Å²) in [5, 5.41) is 7.97. The van der Waals surface area contributed by atoms with Gasteiger partial charge in [-0.05, 0) is 24.5 Å². The second-order valence-corrected chi connectivity index (χ2v) is 8.25. The zero-order chi connectivity index (χ0) is 16.4. The van der Waals surface area contributed by atoms with Gasteiger partial charge in [-0.25, -0.2) is 17.2 Å². The lowest BCUT2D eigenvalue weighted by molar-refractivity contribution is 0.202. The Kier molecular flexibility index (Phi) is 4.70.